The Morgan fingerprint density at radius 1 is 1.17 bits per heavy atom. The van der Waals surface area contributed by atoms with Gasteiger partial charge in [-0.1, -0.05) is 11.8 Å². The fourth-order valence-electron chi connectivity index (χ4n) is 3.40. The molecule has 0 aliphatic carbocycles. The third-order valence-corrected chi connectivity index (χ3v) is 7.15. The van der Waals surface area contributed by atoms with Crippen LogP contribution in [0.3, 0.4) is 0 Å². The number of benzene rings is 1. The molecule has 0 atom stereocenters. The zero-order valence-electron chi connectivity index (χ0n) is 15.8. The van der Waals surface area contributed by atoms with E-state index in [9.17, 15) is 9.18 Å². The molecule has 1 aromatic carbocycles. The highest BCUT2D eigenvalue weighted by Gasteiger charge is 2.26. The number of thiophene rings is 1. The minimum atomic E-state index is -0.304. The van der Waals surface area contributed by atoms with Gasteiger partial charge >= 0.3 is 0 Å². The monoisotopic (exact) mass is 494 g/mol. The molecule has 29 heavy (non-hydrogen) atoms. The standard InChI is InChI=1S/C20H20BrFN4OS2/c1-28-20-23-12-17(26(20)15-4-2-14(22)3-5-15)19(27)25-10-8-24(9-11-25)13-16-6-7-18(21)29-16/h2-7,12H,8-11,13H2,1H3. The molecule has 0 radical (unpaired) electrons. The van der Waals surface area contributed by atoms with Gasteiger partial charge in [-0.15, -0.1) is 11.3 Å². The molecule has 5 nitrogen and oxygen atoms in total. The van der Waals surface area contributed by atoms with E-state index in [1.807, 2.05) is 15.7 Å². The zero-order chi connectivity index (χ0) is 20.4. The van der Waals surface area contributed by atoms with E-state index in [0.29, 0.717) is 23.9 Å². The normalized spacial score (nSPS) is 15.1. The Bertz CT molecular complexity index is 996. The van der Waals surface area contributed by atoms with Gasteiger partial charge in [0.1, 0.15) is 11.5 Å². The molecule has 3 heterocycles. The molecule has 9 heteroatoms. The quantitative estimate of drug-likeness (QED) is 0.489. The second-order valence-corrected chi connectivity index (χ2v) is 10.0. The molecule has 2 aromatic heterocycles. The molecule has 1 fully saturated rings. The van der Waals surface area contributed by atoms with Gasteiger partial charge in [-0.3, -0.25) is 14.3 Å². The predicted octanol–water partition coefficient (Wildman–Crippen LogP) is 4.52. The van der Waals surface area contributed by atoms with Crippen LogP contribution < -0.4 is 0 Å². The maximum atomic E-state index is 13.3. The molecule has 0 bridgehead atoms. The fourth-order valence-corrected chi connectivity index (χ4v) is 5.47. The molecule has 0 saturated carbocycles. The summed E-state index contributed by atoms with van der Waals surface area (Å²) in [6, 6.07) is 10.3. The molecule has 1 aliphatic heterocycles. The number of carbonyl (C=O) groups is 1. The van der Waals surface area contributed by atoms with Gasteiger partial charge in [0.2, 0.25) is 0 Å². The number of nitrogens with zero attached hydrogens (tertiary/aromatic N) is 4. The maximum Gasteiger partial charge on any atom is 0.272 e. The van der Waals surface area contributed by atoms with E-state index in [1.165, 1.54) is 28.8 Å². The predicted molar refractivity (Wildman–Crippen MR) is 119 cm³/mol. The third kappa shape index (κ3) is 4.58. The second-order valence-electron chi connectivity index (χ2n) is 6.72. The summed E-state index contributed by atoms with van der Waals surface area (Å²) in [7, 11) is 0. The largest absolute Gasteiger partial charge is 0.335 e. The summed E-state index contributed by atoms with van der Waals surface area (Å²) < 4.78 is 16.3. The molecule has 1 saturated heterocycles. The molecule has 4 rings (SSSR count). The van der Waals surface area contributed by atoms with Gasteiger partial charge in [-0.2, -0.15) is 0 Å². The van der Waals surface area contributed by atoms with Crippen molar-refractivity contribution in [2.45, 2.75) is 11.7 Å². The summed E-state index contributed by atoms with van der Waals surface area (Å²) >= 11 is 6.71. The SMILES string of the molecule is CSc1ncc(C(=O)N2CCN(Cc3ccc(Br)s3)CC2)n1-c1ccc(F)cc1. The summed E-state index contributed by atoms with van der Waals surface area (Å²) in [5.74, 6) is -0.345. The van der Waals surface area contributed by atoms with Gasteiger partial charge in [-0.05, 0) is 58.6 Å². The van der Waals surface area contributed by atoms with E-state index in [0.717, 1.165) is 29.1 Å². The Hall–Kier alpha value is -1.68. The van der Waals surface area contributed by atoms with E-state index >= 15 is 0 Å². The Morgan fingerprint density at radius 2 is 1.90 bits per heavy atom. The number of imidazole rings is 1. The first-order valence-electron chi connectivity index (χ1n) is 9.18. The van der Waals surface area contributed by atoms with Crippen LogP contribution in [-0.4, -0.2) is 57.7 Å². The van der Waals surface area contributed by atoms with Crippen LogP contribution in [0.4, 0.5) is 4.39 Å². The van der Waals surface area contributed by atoms with Gasteiger partial charge in [-0.25, -0.2) is 9.37 Å². The second kappa shape index (κ2) is 8.99. The summed E-state index contributed by atoms with van der Waals surface area (Å²) in [6.45, 7) is 3.92. The van der Waals surface area contributed by atoms with Crippen LogP contribution >= 0.6 is 39.0 Å². The van der Waals surface area contributed by atoms with Crippen molar-refractivity contribution < 1.29 is 9.18 Å². The summed E-state index contributed by atoms with van der Waals surface area (Å²) in [6.07, 6.45) is 3.53. The maximum absolute atomic E-state index is 13.3. The van der Waals surface area contributed by atoms with Gasteiger partial charge in [0.15, 0.2) is 5.16 Å². The van der Waals surface area contributed by atoms with Gasteiger partial charge in [0, 0.05) is 43.3 Å². The van der Waals surface area contributed by atoms with E-state index < -0.39 is 0 Å². The molecule has 0 unspecified atom stereocenters. The number of hydrogen-bond donors (Lipinski definition) is 0. The Kier molecular flexibility index (Phi) is 6.38. The Balaban J connectivity index is 1.48. The first-order valence-corrected chi connectivity index (χ1v) is 12.0. The highest BCUT2D eigenvalue weighted by atomic mass is 79.9. The Morgan fingerprint density at radius 3 is 2.52 bits per heavy atom. The first-order chi connectivity index (χ1) is 14.0. The van der Waals surface area contributed by atoms with Crippen LogP contribution in [0, 0.1) is 5.82 Å². The topological polar surface area (TPSA) is 41.4 Å². The number of thioether (sulfide) groups is 1. The smallest absolute Gasteiger partial charge is 0.272 e. The molecular formula is C20H20BrFN4OS2. The average Bonchev–Trinajstić information content (AvgIpc) is 3.34. The highest BCUT2D eigenvalue weighted by molar-refractivity contribution is 9.11. The number of aromatic nitrogens is 2. The Labute approximate surface area is 185 Å². The van der Waals surface area contributed by atoms with E-state index in [1.54, 1.807) is 29.7 Å². The van der Waals surface area contributed by atoms with Crippen LogP contribution in [0.2, 0.25) is 0 Å². The lowest BCUT2D eigenvalue weighted by Crippen LogP contribution is -2.48. The lowest BCUT2D eigenvalue weighted by atomic mass is 10.2. The molecule has 0 spiro atoms. The lowest BCUT2D eigenvalue weighted by Gasteiger charge is -2.34. The molecule has 1 aliphatic rings. The van der Waals surface area contributed by atoms with Gasteiger partial charge in [0.05, 0.1) is 9.98 Å². The fraction of sp³-hybridized carbons (Fsp3) is 0.300. The van der Waals surface area contributed by atoms with Crippen LogP contribution in [0.1, 0.15) is 15.4 Å². The minimum absolute atomic E-state index is 0.0411. The van der Waals surface area contributed by atoms with Crippen molar-refractivity contribution in [3.05, 3.63) is 62.8 Å². The van der Waals surface area contributed by atoms with Crippen molar-refractivity contribution >= 4 is 44.9 Å². The zero-order valence-corrected chi connectivity index (χ0v) is 19.1. The summed E-state index contributed by atoms with van der Waals surface area (Å²) in [5, 5.41) is 0.710. The van der Waals surface area contributed by atoms with Crippen LogP contribution in [-0.2, 0) is 6.54 Å². The highest BCUT2D eigenvalue weighted by Crippen LogP contribution is 2.25. The number of amides is 1. The average molecular weight is 495 g/mol. The number of rotatable bonds is 5. The number of hydrogen-bond acceptors (Lipinski definition) is 5. The van der Waals surface area contributed by atoms with Crippen molar-refractivity contribution in [3.63, 3.8) is 0 Å². The van der Waals surface area contributed by atoms with Crippen molar-refractivity contribution in [3.8, 4) is 5.69 Å². The molecule has 1 amide bonds. The number of piperazine rings is 1. The van der Waals surface area contributed by atoms with E-state index in [2.05, 4.69) is 37.9 Å². The molecule has 0 N–H and O–H groups in total. The van der Waals surface area contributed by atoms with Crippen LogP contribution in [0.25, 0.3) is 5.69 Å². The molecule has 152 valence electrons. The van der Waals surface area contributed by atoms with Gasteiger partial charge in [0.25, 0.3) is 5.91 Å². The molecular weight excluding hydrogens is 475 g/mol. The van der Waals surface area contributed by atoms with Crippen molar-refractivity contribution in [1.82, 2.24) is 19.4 Å². The number of carbonyl (C=O) groups excluding carboxylic acids is 1. The molecule has 3 aromatic rings. The van der Waals surface area contributed by atoms with Crippen LogP contribution in [0.5, 0.6) is 0 Å². The van der Waals surface area contributed by atoms with Crippen molar-refractivity contribution in [1.29, 1.82) is 0 Å². The van der Waals surface area contributed by atoms with Crippen LogP contribution in [0.15, 0.2) is 51.5 Å². The van der Waals surface area contributed by atoms with E-state index in [-0.39, 0.29) is 11.7 Å². The van der Waals surface area contributed by atoms with Crippen molar-refractivity contribution in [2.24, 2.45) is 0 Å². The lowest BCUT2D eigenvalue weighted by molar-refractivity contribution is 0.0621. The third-order valence-electron chi connectivity index (χ3n) is 4.88. The number of halogens is 2. The summed E-state index contributed by atoms with van der Waals surface area (Å²) in [5.41, 5.74) is 1.25. The van der Waals surface area contributed by atoms with Gasteiger partial charge < -0.3 is 4.90 Å². The minimum Gasteiger partial charge on any atom is -0.335 e. The first kappa shape index (κ1) is 20.6. The van der Waals surface area contributed by atoms with E-state index in [4.69, 9.17) is 0 Å². The van der Waals surface area contributed by atoms with Crippen molar-refractivity contribution in [2.75, 3.05) is 32.4 Å². The summed E-state index contributed by atoms with van der Waals surface area (Å²) in [4.78, 5) is 23.2.